The normalized spacial score (nSPS) is 16.5. The first-order valence-corrected chi connectivity index (χ1v) is 13.6. The number of anilines is 2. The number of alkyl halides is 6. The predicted octanol–water partition coefficient (Wildman–Crippen LogP) is 7.73. The largest absolute Gasteiger partial charge is 0.416 e. The highest BCUT2D eigenvalue weighted by atomic mass is 35.5. The summed E-state index contributed by atoms with van der Waals surface area (Å²) in [6.07, 6.45) is -6.07. The molecule has 4 rings (SSSR count). The number of halogens is 7. The number of carbonyl (C=O) groups is 1. The first-order valence-electron chi connectivity index (χ1n) is 13.3. The fourth-order valence-corrected chi connectivity index (χ4v) is 5.45. The SMILES string of the molecule is CN(C(=O)C(C)(C)c1cc(C(F)(F)F)cc(C(F)(F)F)c1)c1cnc(N2CCCCC2CO)cc1-c1ccccc1Cl. The quantitative estimate of drug-likeness (QED) is 0.289. The lowest BCUT2D eigenvalue weighted by atomic mass is 9.81. The summed E-state index contributed by atoms with van der Waals surface area (Å²) >= 11 is 6.52. The average molecular weight is 614 g/mol. The number of piperidine rings is 1. The van der Waals surface area contributed by atoms with Crippen LogP contribution in [-0.2, 0) is 22.6 Å². The second-order valence-corrected chi connectivity index (χ2v) is 11.3. The molecule has 1 aliphatic rings. The van der Waals surface area contributed by atoms with E-state index in [1.807, 2.05) is 4.90 Å². The topological polar surface area (TPSA) is 56.7 Å². The third-order valence-corrected chi connectivity index (χ3v) is 8.00. The zero-order chi connectivity index (χ0) is 31.0. The Morgan fingerprint density at radius 2 is 1.57 bits per heavy atom. The number of benzene rings is 2. The fraction of sp³-hybridized carbons (Fsp3) is 0.400. The molecule has 226 valence electrons. The molecule has 0 bridgehead atoms. The van der Waals surface area contributed by atoms with Gasteiger partial charge in [-0.05, 0) is 69.0 Å². The molecule has 1 N–H and O–H groups in total. The number of hydrogen-bond acceptors (Lipinski definition) is 4. The maximum atomic E-state index is 13.9. The minimum absolute atomic E-state index is 0.0339. The van der Waals surface area contributed by atoms with Gasteiger partial charge in [0.05, 0.1) is 41.1 Å². The second-order valence-electron chi connectivity index (χ2n) is 10.8. The Bertz CT molecular complexity index is 1430. The van der Waals surface area contributed by atoms with Crippen LogP contribution in [0.1, 0.15) is 49.8 Å². The van der Waals surface area contributed by atoms with Crippen LogP contribution in [0.15, 0.2) is 54.7 Å². The molecule has 3 aromatic rings. The molecule has 5 nitrogen and oxygen atoms in total. The molecule has 0 saturated carbocycles. The molecule has 2 aromatic carbocycles. The minimum atomic E-state index is -5.06. The van der Waals surface area contributed by atoms with Crippen LogP contribution < -0.4 is 9.80 Å². The lowest BCUT2D eigenvalue weighted by Crippen LogP contribution is -2.43. The molecule has 2 heterocycles. The van der Waals surface area contributed by atoms with Gasteiger partial charge in [-0.1, -0.05) is 29.8 Å². The van der Waals surface area contributed by atoms with Crippen LogP contribution in [-0.4, -0.2) is 42.2 Å². The van der Waals surface area contributed by atoms with Gasteiger partial charge in [0.2, 0.25) is 5.91 Å². The maximum Gasteiger partial charge on any atom is 0.416 e. The van der Waals surface area contributed by atoms with Crippen molar-refractivity contribution < 1.29 is 36.2 Å². The Balaban J connectivity index is 1.82. The third-order valence-electron chi connectivity index (χ3n) is 7.67. The summed E-state index contributed by atoms with van der Waals surface area (Å²) < 4.78 is 81.4. The standard InChI is InChI=1S/C30H30ClF6N3O2/c1-28(2,18-12-19(29(32,33)34)14-20(13-18)30(35,36)37)27(42)39(3)25-16-38-26(40-11-7-6-8-21(40)17-41)15-23(25)22-9-4-5-10-24(22)31/h4-5,9-10,12-16,21,41H,6-8,11,17H2,1-3H3. The van der Waals surface area contributed by atoms with E-state index < -0.39 is 40.4 Å². The van der Waals surface area contributed by atoms with E-state index in [1.165, 1.54) is 32.0 Å². The van der Waals surface area contributed by atoms with Crippen molar-refractivity contribution in [2.75, 3.05) is 30.0 Å². The van der Waals surface area contributed by atoms with Crippen molar-refractivity contribution in [1.82, 2.24) is 4.98 Å². The van der Waals surface area contributed by atoms with E-state index in [-0.39, 0.29) is 24.4 Å². The number of hydrogen-bond donors (Lipinski definition) is 1. The molecule has 1 aromatic heterocycles. The predicted molar refractivity (Wildman–Crippen MR) is 150 cm³/mol. The molecule has 1 saturated heterocycles. The van der Waals surface area contributed by atoms with Gasteiger partial charge in [0.25, 0.3) is 0 Å². The smallest absolute Gasteiger partial charge is 0.394 e. The van der Waals surface area contributed by atoms with Gasteiger partial charge in [0.1, 0.15) is 5.82 Å². The van der Waals surface area contributed by atoms with E-state index in [0.717, 1.165) is 19.3 Å². The zero-order valence-corrected chi connectivity index (χ0v) is 23.9. The van der Waals surface area contributed by atoms with Gasteiger partial charge in [0, 0.05) is 29.7 Å². The van der Waals surface area contributed by atoms with Gasteiger partial charge in [-0.25, -0.2) is 4.98 Å². The van der Waals surface area contributed by atoms with Gasteiger partial charge in [-0.3, -0.25) is 4.79 Å². The number of rotatable bonds is 6. The maximum absolute atomic E-state index is 13.9. The molecule has 0 radical (unpaired) electrons. The second kappa shape index (κ2) is 11.8. The van der Waals surface area contributed by atoms with Crippen molar-refractivity contribution in [3.63, 3.8) is 0 Å². The monoisotopic (exact) mass is 613 g/mol. The van der Waals surface area contributed by atoms with Crippen molar-refractivity contribution in [2.45, 2.75) is 56.9 Å². The molecule has 42 heavy (non-hydrogen) atoms. The van der Waals surface area contributed by atoms with Crippen molar-refractivity contribution >= 4 is 29.0 Å². The summed E-state index contributed by atoms with van der Waals surface area (Å²) in [5, 5.41) is 10.3. The van der Waals surface area contributed by atoms with Gasteiger partial charge < -0.3 is 14.9 Å². The minimum Gasteiger partial charge on any atom is -0.394 e. The average Bonchev–Trinajstić information content (AvgIpc) is 2.95. The van der Waals surface area contributed by atoms with Crippen molar-refractivity contribution in [2.24, 2.45) is 0 Å². The molecule has 1 amide bonds. The van der Waals surface area contributed by atoms with Crippen LogP contribution >= 0.6 is 11.6 Å². The summed E-state index contributed by atoms with van der Waals surface area (Å²) in [6, 6.07) is 9.62. The highest BCUT2D eigenvalue weighted by Crippen LogP contribution is 2.42. The lowest BCUT2D eigenvalue weighted by Gasteiger charge is -2.36. The Morgan fingerprint density at radius 3 is 2.14 bits per heavy atom. The summed E-state index contributed by atoms with van der Waals surface area (Å²) in [5.41, 5.74) is -3.96. The van der Waals surface area contributed by atoms with Crippen LogP contribution in [0.5, 0.6) is 0 Å². The molecular weight excluding hydrogens is 584 g/mol. The van der Waals surface area contributed by atoms with Crippen molar-refractivity contribution in [3.8, 4) is 11.1 Å². The van der Waals surface area contributed by atoms with Gasteiger partial charge in [0.15, 0.2) is 0 Å². The Labute approximate surface area is 244 Å². The molecule has 1 unspecified atom stereocenters. The number of pyridine rings is 1. The summed E-state index contributed by atoms with van der Waals surface area (Å²) in [5.74, 6) is -0.218. The van der Waals surface area contributed by atoms with E-state index in [4.69, 9.17) is 11.6 Å². The van der Waals surface area contributed by atoms with Crippen molar-refractivity contribution in [3.05, 3.63) is 76.4 Å². The summed E-state index contributed by atoms with van der Waals surface area (Å²) in [6.45, 7) is 3.13. The van der Waals surface area contributed by atoms with Crippen LogP contribution in [0, 0.1) is 0 Å². The fourth-order valence-electron chi connectivity index (χ4n) is 5.22. The number of amides is 1. The van der Waals surface area contributed by atoms with E-state index in [2.05, 4.69) is 4.98 Å². The molecule has 12 heteroatoms. The van der Waals surface area contributed by atoms with Crippen molar-refractivity contribution in [1.29, 1.82) is 0 Å². The van der Waals surface area contributed by atoms with Crippen LogP contribution in [0.2, 0.25) is 5.02 Å². The summed E-state index contributed by atoms with van der Waals surface area (Å²) in [7, 11) is 1.39. The Kier molecular flexibility index (Phi) is 8.85. The van der Waals surface area contributed by atoms with E-state index >= 15 is 0 Å². The van der Waals surface area contributed by atoms with Gasteiger partial charge >= 0.3 is 12.4 Å². The summed E-state index contributed by atoms with van der Waals surface area (Å²) in [4.78, 5) is 21.6. The molecule has 0 aliphatic carbocycles. The Hall–Kier alpha value is -3.31. The van der Waals surface area contributed by atoms with Crippen LogP contribution in [0.4, 0.5) is 37.8 Å². The highest BCUT2D eigenvalue weighted by molar-refractivity contribution is 6.33. The highest BCUT2D eigenvalue weighted by Gasteiger charge is 2.41. The Morgan fingerprint density at radius 1 is 0.976 bits per heavy atom. The number of aromatic nitrogens is 1. The van der Waals surface area contributed by atoms with Crippen LogP contribution in [0.3, 0.4) is 0 Å². The van der Waals surface area contributed by atoms with E-state index in [1.54, 1.807) is 30.3 Å². The zero-order valence-electron chi connectivity index (χ0n) is 23.2. The molecular formula is C30H30ClF6N3O2. The molecule has 1 fully saturated rings. The van der Waals surface area contributed by atoms with Gasteiger partial charge in [-0.2, -0.15) is 26.3 Å². The van der Waals surface area contributed by atoms with Crippen LogP contribution in [0.25, 0.3) is 11.1 Å². The van der Waals surface area contributed by atoms with E-state index in [0.29, 0.717) is 40.6 Å². The van der Waals surface area contributed by atoms with Gasteiger partial charge in [-0.15, -0.1) is 0 Å². The first kappa shape index (κ1) is 31.6. The number of likely N-dealkylation sites (N-methyl/N-ethyl adjacent to an activating group) is 1. The number of aliphatic hydroxyl groups excluding tert-OH is 1. The molecule has 1 aliphatic heterocycles. The lowest BCUT2D eigenvalue weighted by molar-refractivity contribution is -0.143. The molecule has 0 spiro atoms. The van der Waals surface area contributed by atoms with E-state index in [9.17, 15) is 36.2 Å². The number of carbonyl (C=O) groups excluding carboxylic acids is 1. The number of aliphatic hydroxyl groups is 1. The first-order chi connectivity index (χ1) is 19.6. The third kappa shape index (κ3) is 6.36. The number of nitrogens with zero attached hydrogens (tertiary/aromatic N) is 3. The molecule has 1 atom stereocenters.